The number of rotatable bonds is 8. The topological polar surface area (TPSA) is 82.2 Å². The van der Waals surface area contributed by atoms with Crippen molar-refractivity contribution in [1.29, 1.82) is 0 Å². The molecule has 2 fully saturated rings. The van der Waals surface area contributed by atoms with Gasteiger partial charge in [0.2, 0.25) is 11.8 Å². The van der Waals surface area contributed by atoms with Crippen molar-refractivity contribution in [3.8, 4) is 5.75 Å². The van der Waals surface area contributed by atoms with Gasteiger partial charge in [-0.05, 0) is 75.2 Å². The lowest BCUT2D eigenvalue weighted by Crippen LogP contribution is -2.48. The monoisotopic (exact) mass is 478 g/mol. The molecule has 1 saturated carbocycles. The maximum atomic E-state index is 12.8. The van der Waals surface area contributed by atoms with Crippen LogP contribution in [-0.4, -0.2) is 73.4 Å². The molecule has 1 N–H and O–H groups in total. The Hall–Kier alpha value is -3.55. The molecule has 2 aromatic carbocycles. The molecule has 0 spiro atoms. The smallest absolute Gasteiger partial charge is 0.253 e. The summed E-state index contributed by atoms with van der Waals surface area (Å²) in [6.45, 7) is 6.70. The second kappa shape index (κ2) is 10.8. The minimum absolute atomic E-state index is 0.00788. The first-order valence-electron chi connectivity index (χ1n) is 12.2. The highest BCUT2D eigenvalue weighted by molar-refractivity contribution is 5.95. The molecule has 2 aliphatic rings. The van der Waals surface area contributed by atoms with Gasteiger partial charge in [-0.25, -0.2) is 0 Å². The molecule has 4 rings (SSSR count). The second-order valence-corrected chi connectivity index (χ2v) is 9.44. The van der Waals surface area contributed by atoms with Gasteiger partial charge in [0, 0.05) is 55.1 Å². The highest BCUT2D eigenvalue weighted by Gasteiger charge is 2.35. The van der Waals surface area contributed by atoms with Crippen molar-refractivity contribution in [2.45, 2.75) is 32.7 Å². The Labute approximate surface area is 206 Å². The first-order chi connectivity index (χ1) is 16.9. The molecule has 1 saturated heterocycles. The Morgan fingerprint density at radius 2 is 1.60 bits per heavy atom. The normalized spacial score (nSPS) is 15.7. The van der Waals surface area contributed by atoms with Crippen LogP contribution in [0.25, 0.3) is 0 Å². The first kappa shape index (κ1) is 24.6. The van der Waals surface area contributed by atoms with E-state index < -0.39 is 0 Å². The summed E-state index contributed by atoms with van der Waals surface area (Å²) in [4.78, 5) is 43.6. The fourth-order valence-corrected chi connectivity index (χ4v) is 4.27. The number of hydrogen-bond acceptors (Lipinski definition) is 5. The number of carbonyl (C=O) groups is 3. The van der Waals surface area contributed by atoms with Crippen LogP contribution >= 0.6 is 0 Å². The molecule has 0 unspecified atom stereocenters. The van der Waals surface area contributed by atoms with Gasteiger partial charge in [-0.1, -0.05) is 0 Å². The van der Waals surface area contributed by atoms with E-state index in [0.29, 0.717) is 24.3 Å². The van der Waals surface area contributed by atoms with Crippen molar-refractivity contribution < 1.29 is 19.1 Å². The summed E-state index contributed by atoms with van der Waals surface area (Å²) in [6.07, 6.45) is 1.85. The van der Waals surface area contributed by atoms with Gasteiger partial charge >= 0.3 is 0 Å². The van der Waals surface area contributed by atoms with E-state index in [1.807, 2.05) is 43.0 Å². The van der Waals surface area contributed by atoms with Crippen LogP contribution in [0.15, 0.2) is 48.5 Å². The van der Waals surface area contributed by atoms with E-state index >= 15 is 0 Å². The highest BCUT2D eigenvalue weighted by atomic mass is 16.5. The molecular formula is C27H34N4O4. The van der Waals surface area contributed by atoms with E-state index in [1.165, 1.54) is 0 Å². The van der Waals surface area contributed by atoms with Crippen LogP contribution in [-0.2, 0) is 9.59 Å². The average Bonchev–Trinajstić information content (AvgIpc) is 3.73. The van der Waals surface area contributed by atoms with Gasteiger partial charge in [0.15, 0.2) is 0 Å². The quantitative estimate of drug-likeness (QED) is 0.630. The lowest BCUT2D eigenvalue weighted by molar-refractivity contribution is -0.137. The van der Waals surface area contributed by atoms with Crippen LogP contribution in [0.3, 0.4) is 0 Å². The molecule has 8 heteroatoms. The molecule has 35 heavy (non-hydrogen) atoms. The maximum absolute atomic E-state index is 12.8. The molecule has 2 aromatic rings. The van der Waals surface area contributed by atoms with Crippen LogP contribution in [0.5, 0.6) is 5.75 Å². The fourth-order valence-electron chi connectivity index (χ4n) is 4.27. The van der Waals surface area contributed by atoms with Crippen molar-refractivity contribution in [2.24, 2.45) is 5.92 Å². The average molecular weight is 479 g/mol. The summed E-state index contributed by atoms with van der Waals surface area (Å²) in [6, 6.07) is 14.9. The lowest BCUT2D eigenvalue weighted by atomic mass is 10.1. The maximum Gasteiger partial charge on any atom is 0.253 e. The van der Waals surface area contributed by atoms with Gasteiger partial charge in [-0.15, -0.1) is 0 Å². The highest BCUT2D eigenvalue weighted by Crippen LogP contribution is 2.31. The number of carbonyl (C=O) groups excluding carboxylic acids is 3. The molecule has 3 amide bonds. The van der Waals surface area contributed by atoms with Crippen LogP contribution in [0.1, 0.15) is 37.0 Å². The molecule has 186 valence electrons. The number of ether oxygens (including phenoxy) is 1. The Balaban J connectivity index is 1.27. The summed E-state index contributed by atoms with van der Waals surface area (Å²) in [5.74, 6) is 0.744. The summed E-state index contributed by atoms with van der Waals surface area (Å²) < 4.78 is 5.16. The molecule has 1 aliphatic heterocycles. The number of benzene rings is 2. The van der Waals surface area contributed by atoms with Gasteiger partial charge in [0.05, 0.1) is 7.11 Å². The number of piperazine rings is 1. The Bertz CT molecular complexity index is 1040. The van der Waals surface area contributed by atoms with Crippen LogP contribution in [0, 0.1) is 5.92 Å². The molecule has 8 nitrogen and oxygen atoms in total. The number of methoxy groups -OCH3 is 1. The molecule has 0 bridgehead atoms. The van der Waals surface area contributed by atoms with Crippen LogP contribution in [0.4, 0.5) is 11.4 Å². The van der Waals surface area contributed by atoms with E-state index in [9.17, 15) is 14.4 Å². The molecule has 1 heterocycles. The van der Waals surface area contributed by atoms with Crippen molar-refractivity contribution in [3.05, 3.63) is 54.1 Å². The third-order valence-electron chi connectivity index (χ3n) is 6.57. The molecule has 0 radical (unpaired) electrons. The zero-order valence-electron chi connectivity index (χ0n) is 20.7. The van der Waals surface area contributed by atoms with E-state index in [-0.39, 0.29) is 36.2 Å². The third kappa shape index (κ3) is 6.12. The largest absolute Gasteiger partial charge is 0.497 e. The Morgan fingerprint density at radius 1 is 0.971 bits per heavy atom. The van der Waals surface area contributed by atoms with Crippen molar-refractivity contribution in [2.75, 3.05) is 50.1 Å². The summed E-state index contributed by atoms with van der Waals surface area (Å²) in [5, 5.41) is 2.91. The van der Waals surface area contributed by atoms with Gasteiger partial charge in [-0.2, -0.15) is 0 Å². The zero-order valence-corrected chi connectivity index (χ0v) is 20.7. The van der Waals surface area contributed by atoms with E-state index in [2.05, 4.69) is 10.2 Å². The number of nitrogens with one attached hydrogen (secondary N) is 1. The van der Waals surface area contributed by atoms with Gasteiger partial charge in [0.1, 0.15) is 12.3 Å². The second-order valence-electron chi connectivity index (χ2n) is 9.44. The van der Waals surface area contributed by atoms with Gasteiger partial charge in [0.25, 0.3) is 5.91 Å². The van der Waals surface area contributed by atoms with Crippen LogP contribution < -0.4 is 15.0 Å². The molecule has 1 aliphatic carbocycles. The third-order valence-corrected chi connectivity index (χ3v) is 6.57. The number of amides is 3. The van der Waals surface area contributed by atoms with Crippen molar-refractivity contribution >= 4 is 29.1 Å². The van der Waals surface area contributed by atoms with Gasteiger partial charge in [-0.3, -0.25) is 14.4 Å². The lowest BCUT2D eigenvalue weighted by Gasteiger charge is -2.36. The van der Waals surface area contributed by atoms with E-state index in [4.69, 9.17) is 4.74 Å². The number of anilines is 2. The molecule has 0 aromatic heterocycles. The summed E-state index contributed by atoms with van der Waals surface area (Å²) >= 11 is 0. The standard InChI is InChI=1S/C27H34N4O4/c1-19(2)31(27(34)21-4-5-21)18-25(32)28-22-8-10-23(11-9-22)29-14-16-30(17-15-29)26(33)20-6-12-24(35-3)13-7-20/h6-13,19,21H,4-5,14-18H2,1-3H3,(H,28,32). The summed E-state index contributed by atoms with van der Waals surface area (Å²) in [5.41, 5.74) is 2.41. The molecule has 0 atom stereocenters. The van der Waals surface area contributed by atoms with Crippen molar-refractivity contribution in [1.82, 2.24) is 9.80 Å². The van der Waals surface area contributed by atoms with Crippen LogP contribution in [0.2, 0.25) is 0 Å². The Morgan fingerprint density at radius 3 is 2.14 bits per heavy atom. The minimum atomic E-state index is -0.189. The number of hydrogen-bond donors (Lipinski definition) is 1. The van der Waals surface area contributed by atoms with Crippen molar-refractivity contribution in [3.63, 3.8) is 0 Å². The SMILES string of the molecule is COc1ccc(C(=O)N2CCN(c3ccc(NC(=O)CN(C(=O)C4CC4)C(C)C)cc3)CC2)cc1. The van der Waals surface area contributed by atoms with Gasteiger partial charge < -0.3 is 24.8 Å². The zero-order chi connectivity index (χ0) is 24.9. The van der Waals surface area contributed by atoms with E-state index in [0.717, 1.165) is 37.4 Å². The van der Waals surface area contributed by atoms with E-state index in [1.54, 1.807) is 36.3 Å². The summed E-state index contributed by atoms with van der Waals surface area (Å²) in [7, 11) is 1.61. The molecular weight excluding hydrogens is 444 g/mol. The predicted octanol–water partition coefficient (Wildman–Crippen LogP) is 3.24. The predicted molar refractivity (Wildman–Crippen MR) is 136 cm³/mol. The number of nitrogens with zero attached hydrogens (tertiary/aromatic N) is 3. The Kier molecular flexibility index (Phi) is 7.58. The fraction of sp³-hybridized carbons (Fsp3) is 0.444. The first-order valence-corrected chi connectivity index (χ1v) is 12.2. The minimum Gasteiger partial charge on any atom is -0.497 e.